The minimum absolute atomic E-state index is 0.0140. The van der Waals surface area contributed by atoms with Gasteiger partial charge in [0.15, 0.2) is 5.29 Å². The Hall–Kier alpha value is -1.26. The second-order valence-electron chi connectivity index (χ2n) is 3.33. The molecule has 1 aromatic heterocycles. The van der Waals surface area contributed by atoms with Crippen LogP contribution in [-0.2, 0) is 6.54 Å². The van der Waals surface area contributed by atoms with Crippen molar-refractivity contribution in [3.05, 3.63) is 35.9 Å². The lowest BCUT2D eigenvalue weighted by molar-refractivity contribution is 0.452. The highest BCUT2D eigenvalue weighted by molar-refractivity contribution is 6.64. The number of nitrogens with zero attached hydrogens (tertiary/aromatic N) is 1. The molecule has 0 aromatic carbocycles. The first-order valence-electron chi connectivity index (χ1n) is 4.68. The van der Waals surface area contributed by atoms with Crippen LogP contribution in [0.1, 0.15) is 12.7 Å². The molecule has 2 heterocycles. The van der Waals surface area contributed by atoms with Gasteiger partial charge in [-0.25, -0.2) is 4.99 Å². The fourth-order valence-electron chi connectivity index (χ4n) is 1.33. The Kier molecular flexibility index (Phi) is 3.08. The fraction of sp³-hybridized carbons (Fsp3) is 0.300. The molecule has 0 radical (unpaired) electrons. The van der Waals surface area contributed by atoms with Crippen LogP contribution in [0.3, 0.4) is 0 Å². The average Bonchev–Trinajstić information content (AvgIpc) is 2.72. The van der Waals surface area contributed by atoms with Crippen LogP contribution in [0.25, 0.3) is 0 Å². The standard InChI is InChI=1S/C10H12ClN3O/c1-7-5-13-10(11)14-9(7)12-6-8-3-2-4-15-8/h2-5,9,12H,6H2,1H3,(H,13,14). The molecule has 2 N–H and O–H groups in total. The Morgan fingerprint density at radius 3 is 3.27 bits per heavy atom. The normalized spacial score (nSPS) is 20.5. The summed E-state index contributed by atoms with van der Waals surface area (Å²) in [6.45, 7) is 2.64. The van der Waals surface area contributed by atoms with Crippen molar-refractivity contribution in [2.45, 2.75) is 19.6 Å². The van der Waals surface area contributed by atoms with Crippen molar-refractivity contribution >= 4 is 16.9 Å². The summed E-state index contributed by atoms with van der Waals surface area (Å²) in [5.41, 5.74) is 1.09. The Bertz CT molecular complexity index is 383. The van der Waals surface area contributed by atoms with Gasteiger partial charge in [-0.3, -0.25) is 5.32 Å². The average molecular weight is 226 g/mol. The number of halogens is 1. The summed E-state index contributed by atoms with van der Waals surface area (Å²) in [5.74, 6) is 0.892. The Morgan fingerprint density at radius 1 is 1.67 bits per heavy atom. The summed E-state index contributed by atoms with van der Waals surface area (Å²) >= 11 is 5.77. The molecule has 80 valence electrons. The molecule has 1 aromatic rings. The van der Waals surface area contributed by atoms with Gasteiger partial charge in [0.25, 0.3) is 0 Å². The zero-order chi connectivity index (χ0) is 10.7. The molecule has 2 rings (SSSR count). The van der Waals surface area contributed by atoms with Crippen LogP contribution in [0.4, 0.5) is 0 Å². The molecule has 0 saturated heterocycles. The molecule has 0 saturated carbocycles. The molecule has 0 spiro atoms. The minimum atomic E-state index is 0.0140. The van der Waals surface area contributed by atoms with Gasteiger partial charge in [-0.05, 0) is 36.2 Å². The van der Waals surface area contributed by atoms with Crippen LogP contribution in [-0.4, -0.2) is 11.5 Å². The molecule has 4 nitrogen and oxygen atoms in total. The van der Waals surface area contributed by atoms with E-state index < -0.39 is 0 Å². The zero-order valence-corrected chi connectivity index (χ0v) is 9.08. The molecular formula is C10H12ClN3O. The fourth-order valence-corrected chi connectivity index (χ4v) is 1.49. The van der Waals surface area contributed by atoms with E-state index in [4.69, 9.17) is 16.0 Å². The highest BCUT2D eigenvalue weighted by Gasteiger charge is 2.14. The highest BCUT2D eigenvalue weighted by atomic mass is 35.5. The largest absolute Gasteiger partial charge is 0.468 e. The Morgan fingerprint density at radius 2 is 2.53 bits per heavy atom. The maximum Gasteiger partial charge on any atom is 0.197 e. The van der Waals surface area contributed by atoms with Gasteiger partial charge in [-0.2, -0.15) is 0 Å². The van der Waals surface area contributed by atoms with Gasteiger partial charge < -0.3 is 9.73 Å². The molecule has 1 aliphatic rings. The van der Waals surface area contributed by atoms with Gasteiger partial charge in [-0.1, -0.05) is 0 Å². The number of hydrogen-bond donors (Lipinski definition) is 2. The van der Waals surface area contributed by atoms with Gasteiger partial charge in [0.1, 0.15) is 11.9 Å². The molecule has 0 aliphatic carbocycles. The molecule has 1 aliphatic heterocycles. The van der Waals surface area contributed by atoms with E-state index in [1.54, 1.807) is 12.5 Å². The summed E-state index contributed by atoms with van der Waals surface area (Å²) < 4.78 is 5.21. The summed E-state index contributed by atoms with van der Waals surface area (Å²) in [7, 11) is 0. The first kappa shape index (κ1) is 10.3. The van der Waals surface area contributed by atoms with Crippen molar-refractivity contribution in [2.24, 2.45) is 4.99 Å². The summed E-state index contributed by atoms with van der Waals surface area (Å²) in [5, 5.41) is 6.69. The first-order valence-corrected chi connectivity index (χ1v) is 5.06. The molecule has 0 amide bonds. The van der Waals surface area contributed by atoms with Crippen molar-refractivity contribution in [3.63, 3.8) is 0 Å². The van der Waals surface area contributed by atoms with Crippen LogP contribution in [0.15, 0.2) is 39.6 Å². The number of rotatable bonds is 3. The molecule has 5 heteroatoms. The van der Waals surface area contributed by atoms with E-state index in [0.29, 0.717) is 11.8 Å². The van der Waals surface area contributed by atoms with E-state index >= 15 is 0 Å². The topological polar surface area (TPSA) is 49.6 Å². The Balaban J connectivity index is 1.91. The molecule has 0 bridgehead atoms. The maximum absolute atomic E-state index is 5.77. The third kappa shape index (κ3) is 2.61. The van der Waals surface area contributed by atoms with Crippen molar-refractivity contribution in [3.8, 4) is 0 Å². The first-order chi connectivity index (χ1) is 7.25. The van der Waals surface area contributed by atoms with Gasteiger partial charge in [0.2, 0.25) is 0 Å². The quantitative estimate of drug-likeness (QED) is 0.772. The lowest BCUT2D eigenvalue weighted by Crippen LogP contribution is -2.45. The van der Waals surface area contributed by atoms with Crippen LogP contribution in [0.5, 0.6) is 0 Å². The van der Waals surface area contributed by atoms with Crippen LogP contribution < -0.4 is 10.6 Å². The number of hydrogen-bond acceptors (Lipinski definition) is 4. The third-order valence-electron chi connectivity index (χ3n) is 2.16. The van der Waals surface area contributed by atoms with E-state index in [-0.39, 0.29) is 6.17 Å². The van der Waals surface area contributed by atoms with E-state index in [2.05, 4.69) is 15.6 Å². The van der Waals surface area contributed by atoms with Crippen molar-refractivity contribution < 1.29 is 4.42 Å². The number of nitrogens with one attached hydrogen (secondary N) is 2. The minimum Gasteiger partial charge on any atom is -0.468 e. The molecule has 1 atom stereocenters. The second kappa shape index (κ2) is 4.51. The Labute approximate surface area is 93.0 Å². The number of amidine groups is 1. The van der Waals surface area contributed by atoms with Crippen LogP contribution >= 0.6 is 11.6 Å². The summed E-state index contributed by atoms with van der Waals surface area (Å²) in [6, 6.07) is 3.78. The molecule has 1 unspecified atom stereocenters. The molecule has 15 heavy (non-hydrogen) atoms. The lowest BCUT2D eigenvalue weighted by Gasteiger charge is -2.22. The van der Waals surface area contributed by atoms with Gasteiger partial charge in [0, 0.05) is 6.20 Å². The zero-order valence-electron chi connectivity index (χ0n) is 8.33. The molecular weight excluding hydrogens is 214 g/mol. The lowest BCUT2D eigenvalue weighted by atomic mass is 10.2. The highest BCUT2D eigenvalue weighted by Crippen LogP contribution is 2.07. The SMILES string of the molecule is CC1=CN=C(Cl)NC1NCc1ccco1. The van der Waals surface area contributed by atoms with Crippen molar-refractivity contribution in [2.75, 3.05) is 0 Å². The number of furan rings is 1. The van der Waals surface area contributed by atoms with E-state index in [9.17, 15) is 0 Å². The summed E-state index contributed by atoms with van der Waals surface area (Å²) in [4.78, 5) is 3.95. The predicted octanol–water partition coefficient (Wildman–Crippen LogP) is 1.80. The van der Waals surface area contributed by atoms with Crippen molar-refractivity contribution in [1.82, 2.24) is 10.6 Å². The van der Waals surface area contributed by atoms with Gasteiger partial charge in [-0.15, -0.1) is 0 Å². The number of aliphatic imine (C=N–C) groups is 1. The van der Waals surface area contributed by atoms with E-state index in [1.807, 2.05) is 19.1 Å². The second-order valence-corrected chi connectivity index (χ2v) is 3.69. The van der Waals surface area contributed by atoms with Crippen LogP contribution in [0.2, 0.25) is 0 Å². The predicted molar refractivity (Wildman–Crippen MR) is 59.5 cm³/mol. The van der Waals surface area contributed by atoms with Crippen LogP contribution in [0, 0.1) is 0 Å². The maximum atomic E-state index is 5.77. The van der Waals surface area contributed by atoms with E-state index in [1.165, 1.54) is 0 Å². The van der Waals surface area contributed by atoms with Gasteiger partial charge >= 0.3 is 0 Å². The monoisotopic (exact) mass is 225 g/mol. The third-order valence-corrected chi connectivity index (χ3v) is 2.37. The smallest absolute Gasteiger partial charge is 0.197 e. The molecule has 0 fully saturated rings. The summed E-state index contributed by atoms with van der Waals surface area (Å²) in [6.07, 6.45) is 3.42. The van der Waals surface area contributed by atoms with E-state index in [0.717, 1.165) is 11.3 Å². The van der Waals surface area contributed by atoms with Crippen molar-refractivity contribution in [1.29, 1.82) is 0 Å². The van der Waals surface area contributed by atoms with Gasteiger partial charge in [0.05, 0.1) is 12.8 Å².